The zero-order chi connectivity index (χ0) is 24.0. The summed E-state index contributed by atoms with van der Waals surface area (Å²) in [5.74, 6) is 0.485. The molecule has 0 fully saturated rings. The monoisotopic (exact) mass is 524 g/mol. The maximum Gasteiger partial charge on any atom is 0.266 e. The molecule has 0 heterocycles. The summed E-state index contributed by atoms with van der Waals surface area (Å²) >= 11 is 9.54. The summed E-state index contributed by atoms with van der Waals surface area (Å²) in [5, 5.41) is 13.0. The third-order valence-corrected chi connectivity index (χ3v) is 5.65. The first-order valence-electron chi connectivity index (χ1n) is 10.1. The molecule has 3 aromatic carbocycles. The SMILES string of the molecule is COc1cc(/C=C(\C#N)C(=O)Nc2ccc(C)cc2C)cc(Br)c1OCc1cccc(Cl)c1. The van der Waals surface area contributed by atoms with Gasteiger partial charge in [-0.3, -0.25) is 4.79 Å². The summed E-state index contributed by atoms with van der Waals surface area (Å²) in [6.45, 7) is 4.18. The zero-order valence-corrected chi connectivity index (χ0v) is 20.8. The van der Waals surface area contributed by atoms with Crippen LogP contribution >= 0.6 is 27.5 Å². The lowest BCUT2D eigenvalue weighted by Gasteiger charge is -2.14. The van der Waals surface area contributed by atoms with Crippen LogP contribution in [-0.4, -0.2) is 13.0 Å². The van der Waals surface area contributed by atoms with Crippen molar-refractivity contribution in [3.8, 4) is 17.6 Å². The molecule has 0 saturated heterocycles. The van der Waals surface area contributed by atoms with E-state index in [1.54, 1.807) is 18.2 Å². The van der Waals surface area contributed by atoms with Crippen LogP contribution in [0.1, 0.15) is 22.3 Å². The van der Waals surface area contributed by atoms with Crippen LogP contribution in [0, 0.1) is 25.2 Å². The molecule has 0 spiro atoms. The molecule has 7 heteroatoms. The maximum absolute atomic E-state index is 12.7. The van der Waals surface area contributed by atoms with Gasteiger partial charge in [-0.05, 0) is 82.9 Å². The van der Waals surface area contributed by atoms with Crippen molar-refractivity contribution in [2.75, 3.05) is 12.4 Å². The molecule has 1 amide bonds. The van der Waals surface area contributed by atoms with E-state index in [1.165, 1.54) is 13.2 Å². The number of carbonyl (C=O) groups is 1. The smallest absolute Gasteiger partial charge is 0.266 e. The molecule has 0 unspecified atom stereocenters. The summed E-state index contributed by atoms with van der Waals surface area (Å²) in [6, 6.07) is 18.5. The van der Waals surface area contributed by atoms with Crippen LogP contribution in [0.2, 0.25) is 5.02 Å². The number of methoxy groups -OCH3 is 1. The maximum atomic E-state index is 12.7. The molecule has 0 atom stereocenters. The molecule has 0 aliphatic heterocycles. The van der Waals surface area contributed by atoms with Crippen molar-refractivity contribution in [3.05, 3.63) is 91.9 Å². The van der Waals surface area contributed by atoms with E-state index >= 15 is 0 Å². The Hall–Kier alpha value is -3.27. The van der Waals surface area contributed by atoms with E-state index in [-0.39, 0.29) is 5.57 Å². The van der Waals surface area contributed by atoms with Gasteiger partial charge in [0, 0.05) is 10.7 Å². The second-order valence-electron chi connectivity index (χ2n) is 7.40. The quantitative estimate of drug-likeness (QED) is 0.270. The third kappa shape index (κ3) is 6.38. The summed E-state index contributed by atoms with van der Waals surface area (Å²) in [5.41, 5.74) is 4.17. The predicted molar refractivity (Wildman–Crippen MR) is 135 cm³/mol. The highest BCUT2D eigenvalue weighted by Gasteiger charge is 2.15. The number of nitriles is 1. The van der Waals surface area contributed by atoms with Gasteiger partial charge in [-0.2, -0.15) is 5.26 Å². The van der Waals surface area contributed by atoms with Gasteiger partial charge in [0.2, 0.25) is 0 Å². The van der Waals surface area contributed by atoms with Crippen LogP contribution < -0.4 is 14.8 Å². The summed E-state index contributed by atoms with van der Waals surface area (Å²) in [6.07, 6.45) is 1.51. The zero-order valence-electron chi connectivity index (χ0n) is 18.4. The standard InChI is InChI=1S/C26H22BrClN2O3/c1-16-7-8-23(17(2)9-16)30-26(31)20(14-29)10-19-12-22(27)25(24(13-19)32-3)33-15-18-5-4-6-21(28)11-18/h4-13H,15H2,1-3H3,(H,30,31)/b20-10+. The topological polar surface area (TPSA) is 71.3 Å². The van der Waals surface area contributed by atoms with Gasteiger partial charge < -0.3 is 14.8 Å². The number of rotatable bonds is 7. The molecule has 0 radical (unpaired) electrons. The van der Waals surface area contributed by atoms with Gasteiger partial charge in [0.25, 0.3) is 5.91 Å². The molecule has 33 heavy (non-hydrogen) atoms. The molecule has 5 nitrogen and oxygen atoms in total. The Labute approximate surface area is 206 Å². The molecular formula is C26H22BrClN2O3. The van der Waals surface area contributed by atoms with Gasteiger partial charge >= 0.3 is 0 Å². The van der Waals surface area contributed by atoms with Crippen molar-refractivity contribution in [2.45, 2.75) is 20.5 Å². The highest BCUT2D eigenvalue weighted by Crippen LogP contribution is 2.38. The molecule has 0 aliphatic rings. The summed E-state index contributed by atoms with van der Waals surface area (Å²) in [4.78, 5) is 12.7. The molecular weight excluding hydrogens is 504 g/mol. The molecule has 1 N–H and O–H groups in total. The Morgan fingerprint density at radius 1 is 1.18 bits per heavy atom. The van der Waals surface area contributed by atoms with E-state index in [1.807, 2.05) is 56.3 Å². The van der Waals surface area contributed by atoms with Gasteiger partial charge in [0.05, 0.1) is 11.6 Å². The normalized spacial score (nSPS) is 11.0. The molecule has 0 saturated carbocycles. The average Bonchev–Trinajstić information content (AvgIpc) is 2.78. The molecule has 168 valence electrons. The number of nitrogens with one attached hydrogen (secondary N) is 1. The second kappa shape index (κ2) is 11.0. The van der Waals surface area contributed by atoms with Crippen LogP contribution in [0.3, 0.4) is 0 Å². The van der Waals surface area contributed by atoms with Crippen molar-refractivity contribution in [1.29, 1.82) is 5.26 Å². The fraction of sp³-hybridized carbons (Fsp3) is 0.154. The number of amides is 1. The van der Waals surface area contributed by atoms with E-state index < -0.39 is 5.91 Å². The minimum Gasteiger partial charge on any atom is -0.493 e. The minimum atomic E-state index is -0.485. The number of hydrogen-bond donors (Lipinski definition) is 1. The van der Waals surface area contributed by atoms with E-state index in [9.17, 15) is 10.1 Å². The molecule has 3 rings (SSSR count). The van der Waals surface area contributed by atoms with Crippen LogP contribution in [0.25, 0.3) is 6.08 Å². The lowest BCUT2D eigenvalue weighted by molar-refractivity contribution is -0.112. The number of halogens is 2. The first-order valence-corrected chi connectivity index (χ1v) is 11.2. The molecule has 3 aromatic rings. The first-order chi connectivity index (χ1) is 15.8. The highest BCUT2D eigenvalue weighted by atomic mass is 79.9. The largest absolute Gasteiger partial charge is 0.493 e. The van der Waals surface area contributed by atoms with E-state index in [2.05, 4.69) is 21.2 Å². The molecule has 0 aromatic heterocycles. The first kappa shape index (κ1) is 24.4. The lowest BCUT2D eigenvalue weighted by atomic mass is 10.1. The van der Waals surface area contributed by atoms with Crippen LogP contribution in [0.15, 0.2) is 64.6 Å². The van der Waals surface area contributed by atoms with Gasteiger partial charge in [-0.15, -0.1) is 0 Å². The number of benzene rings is 3. The van der Waals surface area contributed by atoms with Crippen molar-refractivity contribution in [3.63, 3.8) is 0 Å². The van der Waals surface area contributed by atoms with Crippen LogP contribution in [-0.2, 0) is 11.4 Å². The predicted octanol–water partition coefficient (Wildman–Crippen LogP) is 6.85. The third-order valence-electron chi connectivity index (χ3n) is 4.83. The fourth-order valence-electron chi connectivity index (χ4n) is 3.20. The Morgan fingerprint density at radius 3 is 2.64 bits per heavy atom. The fourth-order valence-corrected chi connectivity index (χ4v) is 3.99. The number of aryl methyl sites for hydroxylation is 2. The Morgan fingerprint density at radius 2 is 1.97 bits per heavy atom. The molecule has 0 bridgehead atoms. The average molecular weight is 526 g/mol. The number of anilines is 1. The minimum absolute atomic E-state index is 0.0310. The highest BCUT2D eigenvalue weighted by molar-refractivity contribution is 9.10. The number of ether oxygens (including phenoxy) is 2. The number of hydrogen-bond acceptors (Lipinski definition) is 4. The van der Waals surface area contributed by atoms with Crippen molar-refractivity contribution < 1.29 is 14.3 Å². The van der Waals surface area contributed by atoms with Crippen LogP contribution in [0.5, 0.6) is 11.5 Å². The van der Waals surface area contributed by atoms with Crippen molar-refractivity contribution >= 4 is 45.2 Å². The second-order valence-corrected chi connectivity index (χ2v) is 8.69. The van der Waals surface area contributed by atoms with Gasteiger partial charge in [-0.25, -0.2) is 0 Å². The van der Waals surface area contributed by atoms with Crippen LogP contribution in [0.4, 0.5) is 5.69 Å². The van der Waals surface area contributed by atoms with E-state index in [0.717, 1.165) is 16.7 Å². The Balaban J connectivity index is 1.83. The Bertz CT molecular complexity index is 1260. The van der Waals surface area contributed by atoms with Crippen molar-refractivity contribution in [2.24, 2.45) is 0 Å². The van der Waals surface area contributed by atoms with Gasteiger partial charge in [0.1, 0.15) is 18.2 Å². The summed E-state index contributed by atoms with van der Waals surface area (Å²) in [7, 11) is 1.53. The van der Waals surface area contributed by atoms with Gasteiger partial charge in [0.15, 0.2) is 11.5 Å². The Kier molecular flexibility index (Phi) is 8.16. The number of carbonyl (C=O) groups excluding carboxylic acids is 1. The van der Waals surface area contributed by atoms with E-state index in [4.69, 9.17) is 21.1 Å². The number of nitrogens with zero attached hydrogens (tertiary/aromatic N) is 1. The van der Waals surface area contributed by atoms with E-state index in [0.29, 0.717) is 38.9 Å². The summed E-state index contributed by atoms with van der Waals surface area (Å²) < 4.78 is 12.1. The lowest BCUT2D eigenvalue weighted by Crippen LogP contribution is -2.14. The molecule has 0 aliphatic carbocycles. The van der Waals surface area contributed by atoms with Crippen molar-refractivity contribution in [1.82, 2.24) is 0 Å². The van der Waals surface area contributed by atoms with Gasteiger partial charge in [-0.1, -0.05) is 41.4 Å².